The number of rotatable bonds is 12. The van der Waals surface area contributed by atoms with Crippen LogP contribution in [0, 0.1) is 6.92 Å². The van der Waals surface area contributed by atoms with Crippen LogP contribution in [0.4, 0.5) is 0 Å². The molecular formula is C42H49NO9SSi. The molecule has 2 saturated heterocycles. The number of esters is 1. The van der Waals surface area contributed by atoms with Crippen LogP contribution in [0.2, 0.25) is 18.6 Å². The van der Waals surface area contributed by atoms with Crippen molar-refractivity contribution in [1.29, 1.82) is 0 Å². The Kier molecular flexibility index (Phi) is 11.8. The standard InChI is InChI=1S/C42H49NO9SSi/c1-29-23-25-32(26-24-29)53(46,47)48-28-35(44)40-41(54(2,3)33-19-11-6-12-20-33)39-37(50-42(45)31-17-9-5-10-18-31)27-38(51-43(39)52-40)49-36-22-14-13-21-34(36)30-15-7-4-8-16-30/h4-12,15-20,23-26,34-41,44H,13-14,21-22,27-28H2,1-3H3/t34-,35+,36+,37-,38-,39-,40-,41-/m1/s1. The van der Waals surface area contributed by atoms with Crippen LogP contribution in [0.15, 0.2) is 120 Å². The summed E-state index contributed by atoms with van der Waals surface area (Å²) in [5, 5.41) is 14.3. The summed E-state index contributed by atoms with van der Waals surface area (Å²) in [6.45, 7) is 5.67. The van der Waals surface area contributed by atoms with E-state index in [0.717, 1.165) is 36.4 Å². The summed E-state index contributed by atoms with van der Waals surface area (Å²) < 4.78 is 45.1. The van der Waals surface area contributed by atoms with Crippen LogP contribution in [0.3, 0.4) is 0 Å². The molecule has 1 N–H and O–H groups in total. The highest BCUT2D eigenvalue weighted by atomic mass is 32.2. The number of carbonyl (C=O) groups is 1. The molecule has 0 radical (unpaired) electrons. The second kappa shape index (κ2) is 16.6. The maximum atomic E-state index is 13.8. The van der Waals surface area contributed by atoms with Crippen molar-refractivity contribution in [1.82, 2.24) is 5.23 Å². The zero-order valence-electron chi connectivity index (χ0n) is 30.9. The molecule has 1 saturated carbocycles. The molecule has 8 atom stereocenters. The Morgan fingerprint density at radius 2 is 1.48 bits per heavy atom. The SMILES string of the molecule is Cc1ccc(S(=O)(=O)OC[C@H](O)[C@H]2ON3O[C@@H](O[C@H]4CCCC[C@@H]4c4ccccc4)C[C@@H](OC(=O)c4ccccc4)[C@@H]3[C@H]2[Si](C)(C)c2ccccc2)cc1. The summed E-state index contributed by atoms with van der Waals surface area (Å²) in [4.78, 5) is 26.8. The number of aliphatic hydroxyl groups is 1. The predicted octanol–water partition coefficient (Wildman–Crippen LogP) is 6.66. The van der Waals surface area contributed by atoms with Gasteiger partial charge in [-0.15, -0.1) is 0 Å². The lowest BCUT2D eigenvalue weighted by molar-refractivity contribution is -0.451. The molecule has 0 spiro atoms. The number of fused-ring (bicyclic) bond motifs is 1. The molecule has 3 aliphatic rings. The quantitative estimate of drug-likeness (QED) is 0.0952. The van der Waals surface area contributed by atoms with Crippen LogP contribution in [0.25, 0.3) is 0 Å². The second-order valence-corrected chi connectivity index (χ2v) is 21.4. The number of hydroxylamine groups is 2. The zero-order chi connectivity index (χ0) is 37.9. The van der Waals surface area contributed by atoms with Gasteiger partial charge in [0, 0.05) is 17.9 Å². The molecular weight excluding hydrogens is 723 g/mol. The van der Waals surface area contributed by atoms with Crippen molar-refractivity contribution in [2.75, 3.05) is 6.61 Å². The maximum absolute atomic E-state index is 13.8. The molecule has 0 bridgehead atoms. The molecule has 4 aromatic rings. The van der Waals surface area contributed by atoms with Crippen molar-refractivity contribution in [2.45, 2.75) is 105 Å². The van der Waals surface area contributed by atoms with Gasteiger partial charge in [0.15, 0.2) is 6.29 Å². The van der Waals surface area contributed by atoms with E-state index < -0.39 is 67.0 Å². The number of hydrogen-bond donors (Lipinski definition) is 1. The number of nitrogens with zero attached hydrogens (tertiary/aromatic N) is 1. The van der Waals surface area contributed by atoms with Crippen LogP contribution in [-0.2, 0) is 33.5 Å². The monoisotopic (exact) mass is 771 g/mol. The van der Waals surface area contributed by atoms with Crippen LogP contribution < -0.4 is 5.19 Å². The van der Waals surface area contributed by atoms with Crippen LogP contribution >= 0.6 is 0 Å². The Morgan fingerprint density at radius 3 is 2.17 bits per heavy atom. The highest BCUT2D eigenvalue weighted by Crippen LogP contribution is 2.48. The molecule has 7 rings (SSSR count). The van der Waals surface area contributed by atoms with Crippen molar-refractivity contribution < 1.29 is 41.7 Å². The molecule has 4 aromatic carbocycles. The lowest BCUT2D eigenvalue weighted by Gasteiger charge is -2.44. The van der Waals surface area contributed by atoms with Crippen LogP contribution in [0.1, 0.15) is 59.5 Å². The van der Waals surface area contributed by atoms with E-state index in [2.05, 4.69) is 37.4 Å². The Morgan fingerprint density at radius 1 is 0.852 bits per heavy atom. The smallest absolute Gasteiger partial charge is 0.338 e. The molecule has 0 unspecified atom stereocenters. The second-order valence-electron chi connectivity index (χ2n) is 15.1. The Balaban J connectivity index is 1.21. The Bertz CT molecular complexity index is 1950. The van der Waals surface area contributed by atoms with Gasteiger partial charge in [0.1, 0.15) is 24.4 Å². The summed E-state index contributed by atoms with van der Waals surface area (Å²) in [5.41, 5.74) is 2.08. The van der Waals surface area contributed by atoms with Crippen LogP contribution in [0.5, 0.6) is 0 Å². The van der Waals surface area contributed by atoms with Gasteiger partial charge in [-0.25, -0.2) is 9.63 Å². The average molecular weight is 772 g/mol. The summed E-state index contributed by atoms with van der Waals surface area (Å²) in [7, 11) is -6.84. The third kappa shape index (κ3) is 8.41. The number of aryl methyl sites for hydroxylation is 1. The number of aliphatic hydroxyl groups excluding tert-OH is 1. The van der Waals surface area contributed by atoms with E-state index in [9.17, 15) is 18.3 Å². The van der Waals surface area contributed by atoms with Crippen molar-refractivity contribution in [3.63, 3.8) is 0 Å². The Hall–Kier alpha value is -3.72. The first-order valence-electron chi connectivity index (χ1n) is 18.8. The zero-order valence-corrected chi connectivity index (χ0v) is 32.7. The van der Waals surface area contributed by atoms with Crippen molar-refractivity contribution >= 4 is 29.3 Å². The number of hydrogen-bond acceptors (Lipinski definition) is 10. The lowest BCUT2D eigenvalue weighted by Crippen LogP contribution is -2.60. The molecule has 286 valence electrons. The van der Waals surface area contributed by atoms with Crippen molar-refractivity contribution in [3.05, 3.63) is 132 Å². The molecule has 10 nitrogen and oxygen atoms in total. The molecule has 0 amide bonds. The third-order valence-corrected chi connectivity index (χ3v) is 16.6. The van der Waals surface area contributed by atoms with Gasteiger partial charge in [0.25, 0.3) is 10.1 Å². The van der Waals surface area contributed by atoms with Gasteiger partial charge >= 0.3 is 5.97 Å². The van der Waals surface area contributed by atoms with E-state index in [1.54, 1.807) is 36.4 Å². The van der Waals surface area contributed by atoms with Gasteiger partial charge in [-0.05, 0) is 49.6 Å². The van der Waals surface area contributed by atoms with E-state index >= 15 is 0 Å². The molecule has 1 aliphatic carbocycles. The van der Waals surface area contributed by atoms with Crippen molar-refractivity contribution in [3.8, 4) is 0 Å². The molecule has 2 heterocycles. The summed E-state index contributed by atoms with van der Waals surface area (Å²) >= 11 is 0. The molecule has 54 heavy (non-hydrogen) atoms. The minimum absolute atomic E-state index is 0.00617. The highest BCUT2D eigenvalue weighted by Gasteiger charge is 2.61. The largest absolute Gasteiger partial charge is 0.457 e. The molecule has 2 aliphatic heterocycles. The Labute approximate surface area is 319 Å². The average Bonchev–Trinajstić information content (AvgIpc) is 3.59. The van der Waals surface area contributed by atoms with Gasteiger partial charge in [-0.2, -0.15) is 8.42 Å². The lowest BCUT2D eigenvalue weighted by atomic mass is 9.81. The fourth-order valence-corrected chi connectivity index (χ4v) is 12.9. The minimum Gasteiger partial charge on any atom is -0.457 e. The molecule has 12 heteroatoms. The summed E-state index contributed by atoms with van der Waals surface area (Å²) in [5.74, 6) is -0.319. The van der Waals surface area contributed by atoms with Gasteiger partial charge in [0.2, 0.25) is 0 Å². The number of carbonyl (C=O) groups excluding carboxylic acids is 1. The van der Waals surface area contributed by atoms with E-state index in [0.29, 0.717) is 5.56 Å². The summed E-state index contributed by atoms with van der Waals surface area (Å²) in [6.07, 6.45) is 0.125. The van der Waals surface area contributed by atoms with Gasteiger partial charge in [-0.3, -0.25) is 9.02 Å². The van der Waals surface area contributed by atoms with E-state index in [4.69, 9.17) is 23.3 Å². The summed E-state index contributed by atoms with van der Waals surface area (Å²) in [6, 6.07) is 34.9. The van der Waals surface area contributed by atoms with Gasteiger partial charge in [-0.1, -0.05) is 133 Å². The number of benzene rings is 4. The topological polar surface area (TPSA) is 121 Å². The third-order valence-electron chi connectivity index (χ3n) is 11.2. The normalized spacial score (nSPS) is 26.9. The minimum atomic E-state index is -4.18. The highest BCUT2D eigenvalue weighted by molar-refractivity contribution is 7.86. The van der Waals surface area contributed by atoms with Gasteiger partial charge < -0.3 is 14.6 Å². The van der Waals surface area contributed by atoms with Crippen molar-refractivity contribution in [2.24, 2.45) is 0 Å². The van der Waals surface area contributed by atoms with E-state index in [1.807, 2.05) is 49.4 Å². The molecule has 0 aromatic heterocycles. The first-order chi connectivity index (χ1) is 26.0. The fourth-order valence-electron chi connectivity index (χ4n) is 8.28. The first kappa shape index (κ1) is 38.5. The van der Waals surface area contributed by atoms with E-state index in [1.165, 1.54) is 22.9 Å². The predicted molar refractivity (Wildman–Crippen MR) is 206 cm³/mol. The number of ether oxygens (including phenoxy) is 2. The first-order valence-corrected chi connectivity index (χ1v) is 23.3. The molecule has 3 fully saturated rings. The maximum Gasteiger partial charge on any atom is 0.338 e. The van der Waals surface area contributed by atoms with Crippen LogP contribution in [-0.4, -0.2) is 76.1 Å². The fraction of sp³-hybridized carbons (Fsp3) is 0.405. The van der Waals surface area contributed by atoms with E-state index in [-0.39, 0.29) is 23.3 Å². The van der Waals surface area contributed by atoms with Gasteiger partial charge in [0.05, 0.1) is 31.2 Å².